The van der Waals surface area contributed by atoms with E-state index in [1.165, 1.54) is 36.5 Å². The Morgan fingerprint density at radius 2 is 1.61 bits per heavy atom. The maximum atomic E-state index is 13.1. The first-order valence-corrected chi connectivity index (χ1v) is 12.1. The van der Waals surface area contributed by atoms with Crippen LogP contribution in [0, 0.1) is 0 Å². The van der Waals surface area contributed by atoms with E-state index in [2.05, 4.69) is 20.4 Å². The molecule has 1 fully saturated rings. The van der Waals surface area contributed by atoms with Crippen LogP contribution < -0.4 is 22.1 Å². The van der Waals surface area contributed by atoms with Gasteiger partial charge < -0.3 is 40.1 Å². The lowest BCUT2D eigenvalue weighted by Crippen LogP contribution is -2.65. The molecular formula is C25H29N5O11. The second-order valence-corrected chi connectivity index (χ2v) is 8.76. The number of esters is 3. The maximum absolute atomic E-state index is 13.1. The molecule has 220 valence electrons. The number of nitrogens with one attached hydrogen (secondary N) is 2. The number of carbonyl (C=O) groups excluding carboxylic acids is 5. The fourth-order valence-electron chi connectivity index (χ4n) is 4.01. The number of hydrogen-bond acceptors (Lipinski definition) is 13. The number of nitrogens with two attached hydrogens (primary N) is 1. The van der Waals surface area contributed by atoms with Crippen molar-refractivity contribution in [2.45, 2.75) is 51.4 Å². The summed E-state index contributed by atoms with van der Waals surface area (Å²) in [5.41, 5.74) is 5.41. The van der Waals surface area contributed by atoms with Gasteiger partial charge >= 0.3 is 29.7 Å². The third-order valence-electron chi connectivity index (χ3n) is 5.71. The number of ether oxygens (including phenoxy) is 5. The van der Waals surface area contributed by atoms with Crippen LogP contribution in [-0.2, 0) is 38.1 Å². The SMILES string of the molecule is COC(=O)N[C@H]1[C@@H](OC(C)=O)[C@H](OC(C)=O)[C@H](COC(C)=O)O[C@H]1n1ccc(NC(=O)c2ccc(N)cc2)nc1=O. The molecule has 16 nitrogen and oxygen atoms in total. The summed E-state index contributed by atoms with van der Waals surface area (Å²) in [5.74, 6) is -2.96. The molecule has 0 saturated carbocycles. The van der Waals surface area contributed by atoms with E-state index in [-0.39, 0.29) is 11.4 Å². The number of rotatable bonds is 8. The van der Waals surface area contributed by atoms with Crippen LogP contribution in [0.25, 0.3) is 0 Å². The van der Waals surface area contributed by atoms with Gasteiger partial charge in [0.25, 0.3) is 5.91 Å². The summed E-state index contributed by atoms with van der Waals surface area (Å²) >= 11 is 0. The minimum Gasteiger partial charge on any atom is -0.463 e. The van der Waals surface area contributed by atoms with Crippen molar-refractivity contribution >= 4 is 41.4 Å². The molecule has 2 aromatic rings. The highest BCUT2D eigenvalue weighted by Gasteiger charge is 2.52. The summed E-state index contributed by atoms with van der Waals surface area (Å²) in [4.78, 5) is 77.3. The van der Waals surface area contributed by atoms with Crippen LogP contribution in [0.2, 0.25) is 0 Å². The predicted molar refractivity (Wildman–Crippen MR) is 138 cm³/mol. The Kier molecular flexibility index (Phi) is 9.97. The van der Waals surface area contributed by atoms with Crippen molar-refractivity contribution in [1.29, 1.82) is 0 Å². The Labute approximate surface area is 233 Å². The van der Waals surface area contributed by atoms with Crippen molar-refractivity contribution in [2.75, 3.05) is 24.8 Å². The summed E-state index contributed by atoms with van der Waals surface area (Å²) in [5, 5.41) is 4.92. The fraction of sp³-hybridized carbons (Fsp3) is 0.400. The largest absolute Gasteiger partial charge is 0.463 e. The van der Waals surface area contributed by atoms with E-state index in [1.807, 2.05) is 0 Å². The standard InChI is InChI=1S/C25H29N5O11/c1-12(31)38-11-17-20(39-13(2)32)21(40-14(3)33)19(29-25(36)37-4)23(41-17)30-10-9-18(28-24(30)35)27-22(34)15-5-7-16(26)8-6-15/h5-10,17,19-21,23H,11,26H2,1-4H3,(H,29,36)(H,27,28,34,35)/t17-,19-,20+,21+,23+/m0/s1. The van der Waals surface area contributed by atoms with Crippen molar-refractivity contribution in [2.24, 2.45) is 0 Å². The minimum atomic E-state index is -1.45. The summed E-state index contributed by atoms with van der Waals surface area (Å²) in [6, 6.07) is 5.95. The molecule has 0 unspecified atom stereocenters. The average Bonchev–Trinajstić information content (AvgIpc) is 2.90. The van der Waals surface area contributed by atoms with E-state index in [9.17, 15) is 28.8 Å². The molecular weight excluding hydrogens is 546 g/mol. The molecule has 1 saturated heterocycles. The molecule has 1 aromatic heterocycles. The highest BCUT2D eigenvalue weighted by molar-refractivity contribution is 6.03. The van der Waals surface area contributed by atoms with E-state index >= 15 is 0 Å². The van der Waals surface area contributed by atoms with Gasteiger partial charge in [0.1, 0.15) is 24.6 Å². The van der Waals surface area contributed by atoms with E-state index in [1.54, 1.807) is 0 Å². The zero-order chi connectivity index (χ0) is 30.3. The third kappa shape index (κ3) is 8.01. The quantitative estimate of drug-likeness (QED) is 0.217. The lowest BCUT2D eigenvalue weighted by atomic mass is 9.95. The molecule has 0 radical (unpaired) electrons. The first-order chi connectivity index (χ1) is 19.4. The van der Waals surface area contributed by atoms with Gasteiger partial charge in [-0.25, -0.2) is 9.59 Å². The normalized spacial score (nSPS) is 21.6. The van der Waals surface area contributed by atoms with Gasteiger partial charge in [0.15, 0.2) is 18.4 Å². The Balaban J connectivity index is 2.02. The number of anilines is 2. The molecule has 4 N–H and O–H groups in total. The lowest BCUT2D eigenvalue weighted by molar-refractivity contribution is -0.237. The molecule has 1 aliphatic heterocycles. The topological polar surface area (TPSA) is 216 Å². The Hall–Kier alpha value is -4.99. The molecule has 16 heteroatoms. The van der Waals surface area contributed by atoms with E-state index < -0.39 is 72.8 Å². The number of benzene rings is 1. The van der Waals surface area contributed by atoms with Gasteiger partial charge in [0, 0.05) is 38.2 Å². The molecule has 3 rings (SSSR count). The van der Waals surface area contributed by atoms with Gasteiger partial charge in [-0.2, -0.15) is 4.98 Å². The third-order valence-corrected chi connectivity index (χ3v) is 5.71. The Morgan fingerprint density at radius 3 is 2.17 bits per heavy atom. The van der Waals surface area contributed by atoms with Crippen molar-refractivity contribution in [3.63, 3.8) is 0 Å². The molecule has 0 bridgehead atoms. The number of nitrogen functional groups attached to an aromatic ring is 1. The molecule has 5 atom stereocenters. The zero-order valence-electron chi connectivity index (χ0n) is 22.5. The summed E-state index contributed by atoms with van der Waals surface area (Å²) < 4.78 is 27.4. The Bertz CT molecular complexity index is 1360. The summed E-state index contributed by atoms with van der Waals surface area (Å²) in [7, 11) is 1.08. The van der Waals surface area contributed by atoms with Crippen molar-refractivity contribution in [3.05, 3.63) is 52.6 Å². The second kappa shape index (κ2) is 13.4. The minimum absolute atomic E-state index is 0.104. The van der Waals surface area contributed by atoms with E-state index in [0.717, 1.165) is 32.4 Å². The Morgan fingerprint density at radius 1 is 0.976 bits per heavy atom. The van der Waals surface area contributed by atoms with Crippen LogP contribution in [-0.4, -0.2) is 77.5 Å². The predicted octanol–water partition coefficient (Wildman–Crippen LogP) is 0.126. The summed E-state index contributed by atoms with van der Waals surface area (Å²) in [6.45, 7) is 2.84. The summed E-state index contributed by atoms with van der Waals surface area (Å²) in [6.07, 6.45) is -5.31. The number of hydrogen-bond donors (Lipinski definition) is 3. The highest BCUT2D eigenvalue weighted by atomic mass is 16.6. The maximum Gasteiger partial charge on any atom is 0.407 e. The van der Waals surface area contributed by atoms with Crippen molar-refractivity contribution in [1.82, 2.24) is 14.9 Å². The number of aromatic nitrogens is 2. The number of carbonyl (C=O) groups is 5. The first-order valence-electron chi connectivity index (χ1n) is 12.1. The average molecular weight is 576 g/mol. The first kappa shape index (κ1) is 30.6. The van der Waals surface area contributed by atoms with Crippen LogP contribution in [0.15, 0.2) is 41.3 Å². The van der Waals surface area contributed by atoms with Gasteiger partial charge in [0.2, 0.25) is 0 Å². The van der Waals surface area contributed by atoms with Gasteiger partial charge in [-0.3, -0.25) is 23.7 Å². The molecule has 2 amide bonds. The number of methoxy groups -OCH3 is 1. The van der Waals surface area contributed by atoms with Crippen LogP contribution >= 0.6 is 0 Å². The van der Waals surface area contributed by atoms with Crippen LogP contribution in [0.4, 0.5) is 16.3 Å². The molecule has 2 heterocycles. The van der Waals surface area contributed by atoms with Crippen LogP contribution in [0.3, 0.4) is 0 Å². The van der Waals surface area contributed by atoms with E-state index in [0.29, 0.717) is 5.69 Å². The van der Waals surface area contributed by atoms with Crippen molar-refractivity contribution in [3.8, 4) is 0 Å². The molecule has 41 heavy (non-hydrogen) atoms. The molecule has 0 spiro atoms. The smallest absolute Gasteiger partial charge is 0.407 e. The monoisotopic (exact) mass is 575 g/mol. The van der Waals surface area contributed by atoms with Gasteiger partial charge in [-0.1, -0.05) is 0 Å². The highest BCUT2D eigenvalue weighted by Crippen LogP contribution is 2.32. The van der Waals surface area contributed by atoms with Gasteiger partial charge in [-0.05, 0) is 30.3 Å². The van der Waals surface area contributed by atoms with Crippen LogP contribution in [0.5, 0.6) is 0 Å². The molecule has 0 aliphatic carbocycles. The lowest BCUT2D eigenvalue weighted by Gasteiger charge is -2.45. The fourth-order valence-corrected chi connectivity index (χ4v) is 4.01. The van der Waals surface area contributed by atoms with Gasteiger partial charge in [0.05, 0.1) is 7.11 Å². The number of nitrogens with zero attached hydrogens (tertiary/aromatic N) is 2. The van der Waals surface area contributed by atoms with E-state index in [4.69, 9.17) is 24.7 Å². The van der Waals surface area contributed by atoms with Crippen LogP contribution in [0.1, 0.15) is 37.4 Å². The van der Waals surface area contributed by atoms with Gasteiger partial charge in [-0.15, -0.1) is 0 Å². The number of alkyl carbamates (subject to hydrolysis) is 1. The second-order valence-electron chi connectivity index (χ2n) is 8.76. The molecule has 1 aromatic carbocycles. The molecule has 1 aliphatic rings. The van der Waals surface area contributed by atoms with Crippen molar-refractivity contribution < 1.29 is 47.7 Å². The zero-order valence-corrected chi connectivity index (χ0v) is 22.5. The number of amides is 2.